The van der Waals surface area contributed by atoms with E-state index in [0.717, 1.165) is 19.3 Å². The third-order valence-corrected chi connectivity index (χ3v) is 2.58. The van der Waals surface area contributed by atoms with Crippen molar-refractivity contribution in [2.24, 2.45) is 0 Å². The molecule has 0 aliphatic carbocycles. The first-order valence-electron chi connectivity index (χ1n) is 5.00. The van der Waals surface area contributed by atoms with Gasteiger partial charge in [-0.05, 0) is 24.8 Å². The molecule has 0 unspecified atom stereocenters. The molecule has 1 fully saturated rings. The van der Waals surface area contributed by atoms with E-state index in [-0.39, 0.29) is 12.2 Å². The second kappa shape index (κ2) is 4.26. The van der Waals surface area contributed by atoms with Gasteiger partial charge in [0.1, 0.15) is 6.10 Å². The van der Waals surface area contributed by atoms with Crippen molar-refractivity contribution in [2.45, 2.75) is 31.5 Å². The highest BCUT2D eigenvalue weighted by molar-refractivity contribution is 5.18. The van der Waals surface area contributed by atoms with Gasteiger partial charge in [0.05, 0.1) is 12.2 Å². The molecule has 14 heavy (non-hydrogen) atoms. The number of ether oxygens (including phenoxy) is 1. The maximum atomic E-state index is 8.78. The molecule has 0 radical (unpaired) electrons. The highest BCUT2D eigenvalue weighted by Crippen LogP contribution is 2.30. The van der Waals surface area contributed by atoms with Crippen LogP contribution in [0.2, 0.25) is 0 Å². The van der Waals surface area contributed by atoms with Crippen molar-refractivity contribution in [1.29, 1.82) is 5.26 Å². The average molecular weight is 187 g/mol. The Morgan fingerprint density at radius 3 is 2.71 bits per heavy atom. The number of benzene rings is 1. The van der Waals surface area contributed by atoms with E-state index in [1.54, 1.807) is 0 Å². The fraction of sp³-hybridized carbons (Fsp3) is 0.417. The lowest BCUT2D eigenvalue weighted by atomic mass is 9.99. The van der Waals surface area contributed by atoms with E-state index in [9.17, 15) is 0 Å². The van der Waals surface area contributed by atoms with Crippen LogP contribution in [0.1, 0.15) is 30.9 Å². The lowest BCUT2D eigenvalue weighted by Gasteiger charge is -2.26. The normalized spacial score (nSPS) is 26.8. The molecule has 2 atom stereocenters. The summed E-state index contributed by atoms with van der Waals surface area (Å²) in [6.45, 7) is 0. The summed E-state index contributed by atoms with van der Waals surface area (Å²) in [6.07, 6.45) is 2.89. The average Bonchev–Trinajstić information content (AvgIpc) is 2.30. The standard InChI is InChI=1S/C12H13NO/c13-9-11-7-4-8-12(14-11)10-5-2-1-3-6-10/h1-3,5-6,11-12H,4,7-8H2/t11-,12-/m1/s1. The van der Waals surface area contributed by atoms with Gasteiger partial charge in [0, 0.05) is 0 Å². The minimum Gasteiger partial charge on any atom is -0.355 e. The summed E-state index contributed by atoms with van der Waals surface area (Å²) in [6, 6.07) is 12.3. The zero-order chi connectivity index (χ0) is 9.80. The molecule has 0 aromatic heterocycles. The third kappa shape index (κ3) is 1.94. The first-order chi connectivity index (χ1) is 6.90. The molecule has 1 aromatic rings. The van der Waals surface area contributed by atoms with Gasteiger partial charge in [0.15, 0.2) is 0 Å². The number of hydrogen-bond donors (Lipinski definition) is 0. The minimum absolute atomic E-state index is 0.120. The Morgan fingerprint density at radius 2 is 2.00 bits per heavy atom. The SMILES string of the molecule is N#C[C@H]1CCC[C@H](c2ccccc2)O1. The van der Waals surface area contributed by atoms with E-state index in [0.29, 0.717) is 0 Å². The number of nitriles is 1. The van der Waals surface area contributed by atoms with Crippen molar-refractivity contribution in [3.63, 3.8) is 0 Å². The Labute approximate surface area is 84.1 Å². The lowest BCUT2D eigenvalue weighted by Crippen LogP contribution is -2.20. The number of rotatable bonds is 1. The van der Waals surface area contributed by atoms with Crippen LogP contribution in [0.4, 0.5) is 0 Å². The van der Waals surface area contributed by atoms with Crippen LogP contribution < -0.4 is 0 Å². The predicted octanol–water partition coefficient (Wildman–Crippen LogP) is 2.82. The van der Waals surface area contributed by atoms with Gasteiger partial charge in [0.2, 0.25) is 0 Å². The molecule has 2 rings (SSSR count). The molecule has 2 heteroatoms. The van der Waals surface area contributed by atoms with Gasteiger partial charge in [-0.15, -0.1) is 0 Å². The summed E-state index contributed by atoms with van der Waals surface area (Å²) < 4.78 is 5.66. The molecule has 0 amide bonds. The van der Waals surface area contributed by atoms with Gasteiger partial charge in [-0.3, -0.25) is 0 Å². The van der Waals surface area contributed by atoms with Crippen molar-refractivity contribution in [3.8, 4) is 6.07 Å². The summed E-state index contributed by atoms with van der Waals surface area (Å²) in [5, 5.41) is 8.78. The summed E-state index contributed by atoms with van der Waals surface area (Å²) in [7, 11) is 0. The Morgan fingerprint density at radius 1 is 1.21 bits per heavy atom. The molecule has 1 saturated heterocycles. The highest BCUT2D eigenvalue weighted by atomic mass is 16.5. The summed E-state index contributed by atoms with van der Waals surface area (Å²) in [4.78, 5) is 0. The van der Waals surface area contributed by atoms with Crippen LogP contribution in [-0.2, 0) is 4.74 Å². The van der Waals surface area contributed by atoms with Crippen LogP contribution in [-0.4, -0.2) is 6.10 Å². The fourth-order valence-electron chi connectivity index (χ4n) is 1.83. The Bertz CT molecular complexity index is 328. The molecule has 1 heterocycles. The summed E-state index contributed by atoms with van der Waals surface area (Å²) in [5.74, 6) is 0. The molecule has 0 spiro atoms. The topological polar surface area (TPSA) is 33.0 Å². The van der Waals surface area contributed by atoms with Crippen LogP contribution in [0.5, 0.6) is 0 Å². The maximum absolute atomic E-state index is 8.78. The van der Waals surface area contributed by atoms with Crippen LogP contribution >= 0.6 is 0 Å². The number of nitrogens with zero attached hydrogens (tertiary/aromatic N) is 1. The Balaban J connectivity index is 2.09. The van der Waals surface area contributed by atoms with Gasteiger partial charge >= 0.3 is 0 Å². The minimum atomic E-state index is -0.214. The second-order valence-corrected chi connectivity index (χ2v) is 3.58. The van der Waals surface area contributed by atoms with Gasteiger partial charge < -0.3 is 4.74 Å². The van der Waals surface area contributed by atoms with Crippen LogP contribution in [0, 0.1) is 11.3 Å². The van der Waals surface area contributed by atoms with Gasteiger partial charge in [-0.25, -0.2) is 0 Å². The van der Waals surface area contributed by atoms with E-state index in [2.05, 4.69) is 18.2 Å². The van der Waals surface area contributed by atoms with Crippen molar-refractivity contribution in [2.75, 3.05) is 0 Å². The molecule has 72 valence electrons. The Kier molecular flexibility index (Phi) is 2.81. The Hall–Kier alpha value is -1.33. The third-order valence-electron chi connectivity index (χ3n) is 2.58. The molecule has 0 bridgehead atoms. The molecule has 1 aliphatic heterocycles. The smallest absolute Gasteiger partial charge is 0.144 e. The first-order valence-corrected chi connectivity index (χ1v) is 5.00. The van der Waals surface area contributed by atoms with E-state index < -0.39 is 0 Å². The van der Waals surface area contributed by atoms with Gasteiger partial charge in [0.25, 0.3) is 0 Å². The van der Waals surface area contributed by atoms with E-state index in [1.165, 1.54) is 5.56 Å². The predicted molar refractivity (Wildman–Crippen MR) is 53.5 cm³/mol. The van der Waals surface area contributed by atoms with E-state index in [1.807, 2.05) is 18.2 Å². The van der Waals surface area contributed by atoms with Crippen molar-refractivity contribution in [3.05, 3.63) is 35.9 Å². The number of hydrogen-bond acceptors (Lipinski definition) is 2. The van der Waals surface area contributed by atoms with Gasteiger partial charge in [-0.2, -0.15) is 5.26 Å². The highest BCUT2D eigenvalue weighted by Gasteiger charge is 2.22. The molecular formula is C12H13NO. The molecule has 2 nitrogen and oxygen atoms in total. The molecule has 0 saturated carbocycles. The summed E-state index contributed by atoms with van der Waals surface area (Å²) >= 11 is 0. The van der Waals surface area contributed by atoms with Crippen LogP contribution in [0.25, 0.3) is 0 Å². The van der Waals surface area contributed by atoms with Crippen LogP contribution in [0.15, 0.2) is 30.3 Å². The van der Waals surface area contributed by atoms with Crippen molar-refractivity contribution < 1.29 is 4.74 Å². The molecular weight excluding hydrogens is 174 g/mol. The quantitative estimate of drug-likeness (QED) is 0.677. The van der Waals surface area contributed by atoms with E-state index >= 15 is 0 Å². The monoisotopic (exact) mass is 187 g/mol. The van der Waals surface area contributed by atoms with Gasteiger partial charge in [-0.1, -0.05) is 30.3 Å². The summed E-state index contributed by atoms with van der Waals surface area (Å²) in [5.41, 5.74) is 1.19. The lowest BCUT2D eigenvalue weighted by molar-refractivity contribution is -0.0228. The maximum Gasteiger partial charge on any atom is 0.144 e. The fourth-order valence-corrected chi connectivity index (χ4v) is 1.83. The van der Waals surface area contributed by atoms with Crippen molar-refractivity contribution >= 4 is 0 Å². The second-order valence-electron chi connectivity index (χ2n) is 3.58. The van der Waals surface area contributed by atoms with Crippen molar-refractivity contribution in [1.82, 2.24) is 0 Å². The zero-order valence-electron chi connectivity index (χ0n) is 8.02. The van der Waals surface area contributed by atoms with E-state index in [4.69, 9.17) is 10.00 Å². The molecule has 1 aromatic carbocycles. The molecule has 0 N–H and O–H groups in total. The largest absolute Gasteiger partial charge is 0.355 e. The van der Waals surface area contributed by atoms with Crippen LogP contribution in [0.3, 0.4) is 0 Å². The first kappa shape index (κ1) is 9.23. The zero-order valence-corrected chi connectivity index (χ0v) is 8.02. The molecule has 1 aliphatic rings.